The van der Waals surface area contributed by atoms with E-state index in [4.69, 9.17) is 12.2 Å². The minimum absolute atomic E-state index is 0.319. The third-order valence-electron chi connectivity index (χ3n) is 3.75. The first-order valence-electron chi connectivity index (χ1n) is 8.53. The number of nitrogens with zero attached hydrogens (tertiary/aromatic N) is 5. The molecule has 1 rings (SSSR count). The highest BCUT2D eigenvalue weighted by Crippen LogP contribution is 2.21. The monoisotopic (exact) mass is 449 g/mol. The average molecular weight is 450 g/mol. The van der Waals surface area contributed by atoms with Crippen LogP contribution in [0.1, 0.15) is 30.6 Å². The molecule has 2 N–H and O–H groups in total. The number of hydrogen-bond donors (Lipinski definition) is 3. The third kappa shape index (κ3) is 7.13. The minimum Gasteiger partial charge on any atom is -0.349 e. The fraction of sp³-hybridized carbons (Fsp3) is 0.600. The summed E-state index contributed by atoms with van der Waals surface area (Å²) in [5, 5.41) is 2.30. The van der Waals surface area contributed by atoms with Crippen LogP contribution in [0.2, 0.25) is 0 Å². The lowest BCUT2D eigenvalue weighted by Gasteiger charge is -2.29. The van der Waals surface area contributed by atoms with E-state index in [1.54, 1.807) is 25.1 Å². The lowest BCUT2D eigenvalue weighted by molar-refractivity contribution is -0.123. The van der Waals surface area contributed by atoms with Gasteiger partial charge < -0.3 is 4.90 Å². The van der Waals surface area contributed by atoms with E-state index in [0.717, 1.165) is 0 Å². The van der Waals surface area contributed by atoms with Crippen molar-refractivity contribution in [1.29, 1.82) is 0 Å². The van der Waals surface area contributed by atoms with Crippen molar-refractivity contribution >= 4 is 45.9 Å². The predicted octanol–water partition coefficient (Wildman–Crippen LogP) is 0.0693. The quantitative estimate of drug-likeness (QED) is 0.209. The molecule has 1 aromatic heterocycles. The Balaban J connectivity index is 2.68. The molecule has 0 aliphatic heterocycles. The highest BCUT2D eigenvalue weighted by molar-refractivity contribution is 7.90. The summed E-state index contributed by atoms with van der Waals surface area (Å²) in [6.07, 6.45) is 3.07. The maximum Gasteiger partial charge on any atom is 0.250 e. The number of aromatic nitrogens is 2. The fourth-order valence-corrected chi connectivity index (χ4v) is 3.96. The molecule has 0 spiro atoms. The molecule has 0 aliphatic carbocycles. The van der Waals surface area contributed by atoms with Gasteiger partial charge in [-0.2, -0.15) is 12.6 Å². The van der Waals surface area contributed by atoms with Crippen LogP contribution in [0, 0.1) is 6.92 Å². The van der Waals surface area contributed by atoms with E-state index in [1.807, 2.05) is 13.8 Å². The van der Waals surface area contributed by atoms with Gasteiger partial charge in [0.2, 0.25) is 10.0 Å². The molecule has 10 nitrogen and oxygen atoms in total. The van der Waals surface area contributed by atoms with Crippen LogP contribution in [0.4, 0.5) is 0 Å². The molecule has 0 saturated carbocycles. The van der Waals surface area contributed by atoms with E-state index in [2.05, 4.69) is 32.9 Å². The molecule has 1 heterocycles. The van der Waals surface area contributed by atoms with Gasteiger partial charge in [-0.1, -0.05) is 0 Å². The van der Waals surface area contributed by atoms with Crippen molar-refractivity contribution in [3.8, 4) is 0 Å². The van der Waals surface area contributed by atoms with Crippen molar-refractivity contribution in [3.63, 3.8) is 0 Å². The lowest BCUT2D eigenvalue weighted by Crippen LogP contribution is -2.52. The summed E-state index contributed by atoms with van der Waals surface area (Å²) in [6.45, 7) is 6.86. The maximum atomic E-state index is 12.3. The molecule has 0 aliphatic rings. The van der Waals surface area contributed by atoms with Crippen molar-refractivity contribution in [3.05, 3.63) is 23.8 Å². The fourth-order valence-electron chi connectivity index (χ4n) is 2.30. The molecule has 0 radical (unpaired) electrons. The van der Waals surface area contributed by atoms with Crippen molar-refractivity contribution in [2.75, 3.05) is 32.9 Å². The second-order valence-electron chi connectivity index (χ2n) is 5.91. The van der Waals surface area contributed by atoms with Gasteiger partial charge in [0.05, 0.1) is 11.4 Å². The van der Waals surface area contributed by atoms with Crippen molar-refractivity contribution in [2.45, 2.75) is 26.1 Å². The molecule has 0 bridgehead atoms. The average Bonchev–Trinajstić information content (AvgIpc) is 2.61. The summed E-state index contributed by atoms with van der Waals surface area (Å²) in [7, 11) is -0.899. The zero-order valence-corrected chi connectivity index (χ0v) is 19.1. The summed E-state index contributed by atoms with van der Waals surface area (Å²) in [4.78, 5) is 24.6. The Kier molecular flexibility index (Phi) is 9.50. The number of hydrazine groups is 2. The van der Waals surface area contributed by atoms with Crippen LogP contribution >= 0.6 is 24.8 Å². The van der Waals surface area contributed by atoms with Gasteiger partial charge in [0.25, 0.3) is 5.91 Å². The Hall–Kier alpha value is -1.54. The third-order valence-corrected chi connectivity index (χ3v) is 6.07. The summed E-state index contributed by atoms with van der Waals surface area (Å²) in [5.74, 6) is -1.50. The number of amides is 1. The van der Waals surface area contributed by atoms with Crippen LogP contribution in [-0.2, 0) is 14.8 Å². The number of hydrogen-bond acceptors (Lipinski definition) is 8. The van der Waals surface area contributed by atoms with Crippen LogP contribution in [0.15, 0.2) is 12.4 Å². The zero-order chi connectivity index (χ0) is 21.5. The van der Waals surface area contributed by atoms with Crippen LogP contribution in [0.5, 0.6) is 0 Å². The topological polar surface area (TPSA) is 111 Å². The number of sulfonamides is 1. The Labute approximate surface area is 177 Å². The Bertz CT molecular complexity index is 787. The highest BCUT2D eigenvalue weighted by atomic mass is 32.2. The zero-order valence-electron chi connectivity index (χ0n) is 16.6. The Morgan fingerprint density at radius 2 is 1.82 bits per heavy atom. The molecule has 158 valence electrons. The van der Waals surface area contributed by atoms with Crippen molar-refractivity contribution in [1.82, 2.24) is 35.1 Å². The summed E-state index contributed by atoms with van der Waals surface area (Å²) >= 11 is 9.65. The first kappa shape index (κ1) is 24.5. The second-order valence-corrected chi connectivity index (χ2v) is 8.47. The second kappa shape index (κ2) is 10.9. The van der Waals surface area contributed by atoms with Gasteiger partial charge in [-0.15, -0.1) is 4.83 Å². The van der Waals surface area contributed by atoms with Crippen LogP contribution in [0.25, 0.3) is 0 Å². The van der Waals surface area contributed by atoms with E-state index in [0.29, 0.717) is 29.6 Å². The van der Waals surface area contributed by atoms with Crippen molar-refractivity contribution in [2.24, 2.45) is 0 Å². The number of thiol groups is 1. The lowest BCUT2D eigenvalue weighted by atomic mass is 10.3. The molecule has 1 unspecified atom stereocenters. The summed E-state index contributed by atoms with van der Waals surface area (Å²) in [5.41, 5.74) is 3.69. The number of carbonyl (C=O) groups is 1. The van der Waals surface area contributed by atoms with Gasteiger partial charge in [0.1, 0.15) is 11.1 Å². The molecule has 28 heavy (non-hydrogen) atoms. The highest BCUT2D eigenvalue weighted by Gasteiger charge is 2.24. The normalized spacial score (nSPS) is 12.5. The van der Waals surface area contributed by atoms with Crippen LogP contribution in [-0.4, -0.2) is 77.3 Å². The SMILES string of the molecule is CCN(CC)C(=S)N(C)NS(=O)(=O)CC(=O)NN(C)C(S)c1nccnc1C. The number of thiocarbonyl (C=S) groups is 1. The smallest absolute Gasteiger partial charge is 0.250 e. The molecule has 0 fully saturated rings. The van der Waals surface area contributed by atoms with Crippen LogP contribution < -0.4 is 10.3 Å². The molecule has 13 heteroatoms. The molecule has 0 aromatic carbocycles. The van der Waals surface area contributed by atoms with E-state index >= 15 is 0 Å². The standard InChI is InChI=1S/C15H27N7O3S3/c1-6-22(7-2)15(27)21(5)19-28(24,25)10-12(23)18-20(4)14(26)13-11(3)16-8-9-17-13/h8-9,14,19,26H,6-7,10H2,1-5H3,(H,18,23). The Morgan fingerprint density at radius 3 is 2.36 bits per heavy atom. The number of nitrogens with one attached hydrogen (secondary N) is 2. The summed E-state index contributed by atoms with van der Waals surface area (Å²) in [6, 6.07) is 0. The maximum absolute atomic E-state index is 12.3. The van der Waals surface area contributed by atoms with Gasteiger partial charge in [0, 0.05) is 39.6 Å². The number of carbonyl (C=O) groups excluding carboxylic acids is 1. The van der Waals surface area contributed by atoms with E-state index in [-0.39, 0.29) is 0 Å². The summed E-state index contributed by atoms with van der Waals surface area (Å²) < 4.78 is 24.6. The molecule has 1 amide bonds. The number of rotatable bonds is 9. The number of aryl methyl sites for hydroxylation is 1. The molecular formula is C15H27N7O3S3. The van der Waals surface area contributed by atoms with E-state index in [1.165, 1.54) is 23.3 Å². The molecule has 1 atom stereocenters. The van der Waals surface area contributed by atoms with E-state index in [9.17, 15) is 13.2 Å². The van der Waals surface area contributed by atoms with Crippen molar-refractivity contribution < 1.29 is 13.2 Å². The largest absolute Gasteiger partial charge is 0.349 e. The molecule has 0 saturated heterocycles. The molecular weight excluding hydrogens is 422 g/mol. The van der Waals surface area contributed by atoms with E-state index < -0.39 is 27.1 Å². The first-order chi connectivity index (χ1) is 13.0. The van der Waals surface area contributed by atoms with Gasteiger partial charge >= 0.3 is 0 Å². The Morgan fingerprint density at radius 1 is 1.25 bits per heavy atom. The van der Waals surface area contributed by atoms with Gasteiger partial charge in [-0.05, 0) is 33.0 Å². The molecule has 1 aromatic rings. The predicted molar refractivity (Wildman–Crippen MR) is 115 cm³/mol. The van der Waals surface area contributed by atoms with Crippen LogP contribution in [0.3, 0.4) is 0 Å². The van der Waals surface area contributed by atoms with Gasteiger partial charge in [-0.25, -0.2) is 13.4 Å². The first-order valence-corrected chi connectivity index (χ1v) is 11.1. The van der Waals surface area contributed by atoms with Gasteiger partial charge in [0.15, 0.2) is 5.11 Å². The minimum atomic E-state index is -3.95. The van der Waals surface area contributed by atoms with Gasteiger partial charge in [-0.3, -0.25) is 25.2 Å².